The molecule has 2 fully saturated rings. The standard InChI is InChI=1S/C20H23N3O3/c24-15-9-14(10-15)17(8-12-4-2-1-3-5-12)22-19(25)16-11-21-18(13-6-7-13)23-20(16)26/h1-5,11,13-15,17,24H,6-10H2,(H,22,25)(H,21,23,26)/t14?,15?,17-/m0/s1. The minimum atomic E-state index is -0.400. The molecule has 2 aromatic rings. The topological polar surface area (TPSA) is 95.1 Å². The van der Waals surface area contributed by atoms with Gasteiger partial charge in [-0.25, -0.2) is 4.98 Å². The first-order valence-electron chi connectivity index (χ1n) is 9.22. The van der Waals surface area contributed by atoms with Gasteiger partial charge < -0.3 is 15.4 Å². The molecule has 0 bridgehead atoms. The van der Waals surface area contributed by atoms with Gasteiger partial charge >= 0.3 is 0 Å². The van der Waals surface area contributed by atoms with Crippen molar-refractivity contribution in [3.63, 3.8) is 0 Å². The first kappa shape index (κ1) is 17.0. The van der Waals surface area contributed by atoms with Gasteiger partial charge in [0.05, 0.1) is 6.10 Å². The summed E-state index contributed by atoms with van der Waals surface area (Å²) in [6.45, 7) is 0. The number of nitrogens with one attached hydrogen (secondary N) is 2. The molecule has 1 atom stereocenters. The molecular weight excluding hydrogens is 330 g/mol. The number of aliphatic hydroxyl groups is 1. The van der Waals surface area contributed by atoms with E-state index in [0.29, 0.717) is 31.0 Å². The number of benzene rings is 1. The van der Waals surface area contributed by atoms with Crippen molar-refractivity contribution in [3.05, 3.63) is 63.8 Å². The van der Waals surface area contributed by atoms with E-state index in [9.17, 15) is 14.7 Å². The normalized spacial score (nSPS) is 23.1. The molecule has 1 aromatic carbocycles. The van der Waals surface area contributed by atoms with E-state index in [2.05, 4.69) is 15.3 Å². The molecule has 0 aliphatic heterocycles. The first-order chi connectivity index (χ1) is 12.6. The van der Waals surface area contributed by atoms with Gasteiger partial charge in [0.25, 0.3) is 11.5 Å². The first-order valence-corrected chi connectivity index (χ1v) is 9.22. The molecule has 3 N–H and O–H groups in total. The average molecular weight is 353 g/mol. The van der Waals surface area contributed by atoms with E-state index in [1.807, 2.05) is 30.3 Å². The predicted octanol–water partition coefficient (Wildman–Crippen LogP) is 1.76. The third-order valence-corrected chi connectivity index (χ3v) is 5.36. The minimum absolute atomic E-state index is 0.0485. The van der Waals surface area contributed by atoms with Crippen LogP contribution in [0.15, 0.2) is 41.3 Å². The molecular formula is C20H23N3O3. The molecule has 1 heterocycles. The number of aromatic amines is 1. The number of carbonyl (C=O) groups excluding carboxylic acids is 1. The molecule has 6 nitrogen and oxygen atoms in total. The molecule has 0 radical (unpaired) electrons. The van der Waals surface area contributed by atoms with Crippen LogP contribution in [-0.4, -0.2) is 33.1 Å². The van der Waals surface area contributed by atoms with E-state index in [1.54, 1.807) is 0 Å². The molecule has 1 aromatic heterocycles. The number of hydrogen-bond acceptors (Lipinski definition) is 4. The van der Waals surface area contributed by atoms with Gasteiger partial charge in [0.2, 0.25) is 0 Å². The molecule has 136 valence electrons. The van der Waals surface area contributed by atoms with Crippen LogP contribution < -0.4 is 10.9 Å². The quantitative estimate of drug-likeness (QED) is 0.737. The monoisotopic (exact) mass is 353 g/mol. The maximum atomic E-state index is 12.7. The SMILES string of the molecule is O=C(N[C@@H](Cc1ccccc1)C1CC(O)C1)c1cnc(C2CC2)[nH]c1=O. The van der Waals surface area contributed by atoms with Gasteiger partial charge in [0.15, 0.2) is 0 Å². The zero-order chi connectivity index (χ0) is 18.1. The summed E-state index contributed by atoms with van der Waals surface area (Å²) >= 11 is 0. The van der Waals surface area contributed by atoms with Crippen molar-refractivity contribution in [1.82, 2.24) is 15.3 Å². The van der Waals surface area contributed by atoms with Crippen LogP contribution in [0.2, 0.25) is 0 Å². The zero-order valence-corrected chi connectivity index (χ0v) is 14.5. The lowest BCUT2D eigenvalue weighted by Crippen LogP contribution is -2.49. The third kappa shape index (κ3) is 3.70. The molecule has 1 amide bonds. The van der Waals surface area contributed by atoms with E-state index < -0.39 is 5.91 Å². The number of nitrogens with zero attached hydrogens (tertiary/aromatic N) is 1. The second-order valence-electron chi connectivity index (χ2n) is 7.44. The Morgan fingerprint density at radius 2 is 2.00 bits per heavy atom. The Bertz CT molecular complexity index is 839. The van der Waals surface area contributed by atoms with Crippen molar-refractivity contribution in [2.45, 2.75) is 50.2 Å². The summed E-state index contributed by atoms with van der Waals surface area (Å²) in [7, 11) is 0. The van der Waals surface area contributed by atoms with E-state index in [0.717, 1.165) is 18.4 Å². The number of amides is 1. The summed E-state index contributed by atoms with van der Waals surface area (Å²) < 4.78 is 0. The van der Waals surface area contributed by atoms with E-state index in [-0.39, 0.29) is 29.2 Å². The van der Waals surface area contributed by atoms with Crippen LogP contribution in [0.25, 0.3) is 0 Å². The summed E-state index contributed by atoms with van der Waals surface area (Å²) in [5, 5.41) is 12.6. The lowest BCUT2D eigenvalue weighted by Gasteiger charge is -2.38. The maximum Gasteiger partial charge on any atom is 0.263 e. The lowest BCUT2D eigenvalue weighted by atomic mass is 9.75. The molecule has 4 rings (SSSR count). The fourth-order valence-corrected chi connectivity index (χ4v) is 3.54. The highest BCUT2D eigenvalue weighted by molar-refractivity contribution is 5.93. The second kappa shape index (κ2) is 7.03. The fraction of sp³-hybridized carbons (Fsp3) is 0.450. The van der Waals surface area contributed by atoms with Crippen molar-refractivity contribution >= 4 is 5.91 Å². The summed E-state index contributed by atoms with van der Waals surface area (Å²) in [4.78, 5) is 31.9. The number of aromatic nitrogens is 2. The highest BCUT2D eigenvalue weighted by Crippen LogP contribution is 2.37. The largest absolute Gasteiger partial charge is 0.393 e. The summed E-state index contributed by atoms with van der Waals surface area (Å²) in [6, 6.07) is 9.82. The second-order valence-corrected chi connectivity index (χ2v) is 7.44. The van der Waals surface area contributed by atoms with Gasteiger partial charge in [-0.1, -0.05) is 30.3 Å². The van der Waals surface area contributed by atoms with E-state index in [1.165, 1.54) is 6.20 Å². The van der Waals surface area contributed by atoms with Crippen LogP contribution in [0.5, 0.6) is 0 Å². The van der Waals surface area contributed by atoms with Gasteiger partial charge in [0.1, 0.15) is 11.4 Å². The van der Waals surface area contributed by atoms with Crippen LogP contribution >= 0.6 is 0 Å². The van der Waals surface area contributed by atoms with Crippen molar-refractivity contribution in [3.8, 4) is 0 Å². The summed E-state index contributed by atoms with van der Waals surface area (Å²) in [6.07, 6.45) is 5.19. The van der Waals surface area contributed by atoms with Gasteiger partial charge in [0, 0.05) is 18.2 Å². The van der Waals surface area contributed by atoms with E-state index in [4.69, 9.17) is 0 Å². The molecule has 2 aliphatic rings. The van der Waals surface area contributed by atoms with Crippen LogP contribution in [0.3, 0.4) is 0 Å². The number of rotatable bonds is 6. The Hall–Kier alpha value is -2.47. The Labute approximate surface area is 151 Å². The Kier molecular flexibility index (Phi) is 4.59. The van der Waals surface area contributed by atoms with Gasteiger partial charge in [-0.2, -0.15) is 0 Å². The minimum Gasteiger partial charge on any atom is -0.393 e. The highest BCUT2D eigenvalue weighted by Gasteiger charge is 2.35. The van der Waals surface area contributed by atoms with Crippen molar-refractivity contribution in [2.24, 2.45) is 5.92 Å². The Balaban J connectivity index is 1.49. The number of carbonyl (C=O) groups is 1. The zero-order valence-electron chi connectivity index (χ0n) is 14.5. The van der Waals surface area contributed by atoms with Crippen molar-refractivity contribution in [2.75, 3.05) is 0 Å². The average Bonchev–Trinajstić information content (AvgIpc) is 3.44. The smallest absolute Gasteiger partial charge is 0.263 e. The van der Waals surface area contributed by atoms with Gasteiger partial charge in [-0.15, -0.1) is 0 Å². The number of hydrogen-bond donors (Lipinski definition) is 3. The summed E-state index contributed by atoms with van der Waals surface area (Å²) in [5.74, 6) is 0.826. The van der Waals surface area contributed by atoms with Crippen LogP contribution in [0, 0.1) is 5.92 Å². The maximum absolute atomic E-state index is 12.7. The third-order valence-electron chi connectivity index (χ3n) is 5.36. The molecule has 2 aliphatic carbocycles. The van der Waals surface area contributed by atoms with Gasteiger partial charge in [-0.3, -0.25) is 9.59 Å². The Morgan fingerprint density at radius 3 is 2.62 bits per heavy atom. The van der Waals surface area contributed by atoms with Gasteiger partial charge in [-0.05, 0) is 43.6 Å². The number of H-pyrrole nitrogens is 1. The molecule has 0 unspecified atom stereocenters. The van der Waals surface area contributed by atoms with Crippen LogP contribution in [0.1, 0.15) is 53.3 Å². The van der Waals surface area contributed by atoms with Crippen molar-refractivity contribution < 1.29 is 9.90 Å². The molecule has 26 heavy (non-hydrogen) atoms. The summed E-state index contributed by atoms with van der Waals surface area (Å²) in [5.41, 5.74) is 0.786. The van der Waals surface area contributed by atoms with E-state index >= 15 is 0 Å². The number of aliphatic hydroxyl groups excluding tert-OH is 1. The molecule has 0 spiro atoms. The van der Waals surface area contributed by atoms with Crippen LogP contribution in [0.4, 0.5) is 0 Å². The fourth-order valence-electron chi connectivity index (χ4n) is 3.54. The van der Waals surface area contributed by atoms with Crippen LogP contribution in [-0.2, 0) is 6.42 Å². The predicted molar refractivity (Wildman–Crippen MR) is 97.0 cm³/mol. The molecule has 0 saturated heterocycles. The molecule has 2 saturated carbocycles. The van der Waals surface area contributed by atoms with Crippen molar-refractivity contribution in [1.29, 1.82) is 0 Å². The highest BCUT2D eigenvalue weighted by atomic mass is 16.3. The lowest BCUT2D eigenvalue weighted by molar-refractivity contribution is 0.0239. The molecule has 6 heteroatoms. The Morgan fingerprint density at radius 1 is 1.27 bits per heavy atom.